The van der Waals surface area contributed by atoms with Gasteiger partial charge in [0.25, 0.3) is 0 Å². The number of rotatable bonds is 3. The summed E-state index contributed by atoms with van der Waals surface area (Å²) < 4.78 is 0. The number of benzene rings is 1. The van der Waals surface area contributed by atoms with Gasteiger partial charge in [0.2, 0.25) is 0 Å². The molecule has 3 heteroatoms. The fourth-order valence-electron chi connectivity index (χ4n) is 2.52. The lowest BCUT2D eigenvalue weighted by Crippen LogP contribution is -2.47. The van der Waals surface area contributed by atoms with Gasteiger partial charge in [-0.05, 0) is 36.5 Å². The molecule has 16 heavy (non-hydrogen) atoms. The molecule has 0 amide bonds. The second-order valence-electron chi connectivity index (χ2n) is 4.58. The third-order valence-corrected chi connectivity index (χ3v) is 3.91. The summed E-state index contributed by atoms with van der Waals surface area (Å²) in [7, 11) is 0. The first-order valence-electron chi connectivity index (χ1n) is 5.58. The number of halogens is 1. The van der Waals surface area contributed by atoms with E-state index in [0.29, 0.717) is 10.9 Å². The molecule has 0 spiro atoms. The minimum atomic E-state index is -0.709. The fourth-order valence-corrected chi connectivity index (χ4v) is 2.64. The monoisotopic (exact) mass is 238 g/mol. The molecule has 1 aromatic carbocycles. The van der Waals surface area contributed by atoms with E-state index < -0.39 is 11.4 Å². The molecule has 1 saturated carbocycles. The van der Waals surface area contributed by atoms with Crippen LogP contribution in [0.3, 0.4) is 0 Å². The zero-order valence-electron chi connectivity index (χ0n) is 9.24. The van der Waals surface area contributed by atoms with E-state index in [1.54, 1.807) is 12.1 Å². The highest BCUT2D eigenvalue weighted by molar-refractivity contribution is 6.30. The highest BCUT2D eigenvalue weighted by atomic mass is 35.5. The summed E-state index contributed by atoms with van der Waals surface area (Å²) in [4.78, 5) is 11.4. The molecule has 0 saturated heterocycles. The summed E-state index contributed by atoms with van der Waals surface area (Å²) in [5, 5.41) is 10.0. The highest BCUT2D eigenvalue weighted by Gasteiger charge is 2.50. The molecule has 1 N–H and O–H groups in total. The smallest absolute Gasteiger partial charge is 0.314 e. The van der Waals surface area contributed by atoms with Crippen LogP contribution in [0.5, 0.6) is 0 Å². The molecule has 1 fully saturated rings. The van der Waals surface area contributed by atoms with Crippen LogP contribution in [0.1, 0.15) is 31.7 Å². The molecule has 86 valence electrons. The van der Waals surface area contributed by atoms with Gasteiger partial charge in [-0.3, -0.25) is 4.79 Å². The van der Waals surface area contributed by atoms with Gasteiger partial charge in [0.15, 0.2) is 0 Å². The van der Waals surface area contributed by atoms with E-state index in [9.17, 15) is 9.90 Å². The Bertz CT molecular complexity index is 391. The molecule has 0 aliphatic heterocycles. The topological polar surface area (TPSA) is 37.3 Å². The van der Waals surface area contributed by atoms with Crippen molar-refractivity contribution in [1.29, 1.82) is 0 Å². The van der Waals surface area contributed by atoms with Crippen molar-refractivity contribution < 1.29 is 9.90 Å². The predicted molar refractivity (Wildman–Crippen MR) is 63.8 cm³/mol. The Morgan fingerprint density at radius 2 is 2.00 bits per heavy atom. The van der Waals surface area contributed by atoms with Crippen LogP contribution in [0.25, 0.3) is 0 Å². The Hall–Kier alpha value is -1.02. The van der Waals surface area contributed by atoms with Crippen molar-refractivity contribution in [3.05, 3.63) is 34.9 Å². The van der Waals surface area contributed by atoms with Crippen molar-refractivity contribution in [3.8, 4) is 0 Å². The Kier molecular flexibility index (Phi) is 2.94. The zero-order chi connectivity index (χ0) is 11.8. The van der Waals surface area contributed by atoms with Crippen molar-refractivity contribution in [2.45, 2.75) is 31.6 Å². The van der Waals surface area contributed by atoms with Crippen LogP contribution in [-0.4, -0.2) is 11.1 Å². The second kappa shape index (κ2) is 4.10. The Labute approximate surface area is 100 Å². The molecule has 0 aromatic heterocycles. The standard InChI is InChI=1S/C13H15ClO2/c1-2-9-7-13(8-9,12(15)16)10-3-5-11(14)6-4-10/h3-6,9H,2,7-8H2,1H3,(H,15,16). The van der Waals surface area contributed by atoms with Gasteiger partial charge in [-0.25, -0.2) is 0 Å². The number of hydrogen-bond donors (Lipinski definition) is 1. The lowest BCUT2D eigenvalue weighted by atomic mass is 9.58. The summed E-state index contributed by atoms with van der Waals surface area (Å²) in [5.74, 6) is -0.161. The first-order chi connectivity index (χ1) is 7.58. The predicted octanol–water partition coefficient (Wildman–Crippen LogP) is 3.48. The maximum atomic E-state index is 11.4. The average molecular weight is 239 g/mol. The minimum Gasteiger partial charge on any atom is -0.481 e. The van der Waals surface area contributed by atoms with Crippen molar-refractivity contribution in [1.82, 2.24) is 0 Å². The van der Waals surface area contributed by atoms with Gasteiger partial charge in [-0.15, -0.1) is 0 Å². The molecule has 0 bridgehead atoms. The summed E-state index contributed by atoms with van der Waals surface area (Å²) in [6.07, 6.45) is 2.56. The van der Waals surface area contributed by atoms with Crippen molar-refractivity contribution >= 4 is 17.6 Å². The van der Waals surface area contributed by atoms with E-state index >= 15 is 0 Å². The van der Waals surface area contributed by atoms with Crippen LogP contribution < -0.4 is 0 Å². The first-order valence-corrected chi connectivity index (χ1v) is 5.96. The molecule has 0 radical (unpaired) electrons. The molecule has 2 nitrogen and oxygen atoms in total. The SMILES string of the molecule is CCC1CC(C(=O)O)(c2ccc(Cl)cc2)C1. The third kappa shape index (κ3) is 1.71. The number of aliphatic carboxylic acids is 1. The largest absolute Gasteiger partial charge is 0.481 e. The van der Waals surface area contributed by atoms with E-state index in [1.165, 1.54) is 0 Å². The third-order valence-electron chi connectivity index (χ3n) is 3.66. The minimum absolute atomic E-state index is 0.548. The fraction of sp³-hybridized carbons (Fsp3) is 0.462. The van der Waals surface area contributed by atoms with Crippen molar-refractivity contribution in [2.24, 2.45) is 5.92 Å². The lowest BCUT2D eigenvalue weighted by Gasteiger charge is -2.44. The van der Waals surface area contributed by atoms with Crippen molar-refractivity contribution in [2.75, 3.05) is 0 Å². The van der Waals surface area contributed by atoms with Crippen LogP contribution in [0, 0.1) is 5.92 Å². The van der Waals surface area contributed by atoms with Crippen LogP contribution in [0.4, 0.5) is 0 Å². The van der Waals surface area contributed by atoms with Crippen LogP contribution in [0.2, 0.25) is 5.02 Å². The van der Waals surface area contributed by atoms with E-state index in [1.807, 2.05) is 12.1 Å². The maximum absolute atomic E-state index is 11.4. The van der Waals surface area contributed by atoms with Gasteiger partial charge < -0.3 is 5.11 Å². The molecular weight excluding hydrogens is 224 g/mol. The van der Waals surface area contributed by atoms with Gasteiger partial charge in [-0.2, -0.15) is 0 Å². The van der Waals surface area contributed by atoms with Gasteiger partial charge in [0, 0.05) is 5.02 Å². The number of carboxylic acids is 1. The molecule has 2 rings (SSSR count). The van der Waals surface area contributed by atoms with Gasteiger partial charge in [0.05, 0.1) is 5.41 Å². The molecule has 1 aliphatic rings. The number of hydrogen-bond acceptors (Lipinski definition) is 1. The molecule has 0 unspecified atom stereocenters. The Morgan fingerprint density at radius 3 is 2.44 bits per heavy atom. The second-order valence-corrected chi connectivity index (χ2v) is 5.01. The molecule has 0 atom stereocenters. The summed E-state index contributed by atoms with van der Waals surface area (Å²) in [6.45, 7) is 2.11. The first kappa shape index (κ1) is 11.5. The average Bonchev–Trinajstić information content (AvgIpc) is 2.19. The Morgan fingerprint density at radius 1 is 1.44 bits per heavy atom. The van der Waals surface area contributed by atoms with Crippen molar-refractivity contribution in [3.63, 3.8) is 0 Å². The number of carboxylic acid groups (broad SMARTS) is 1. The normalized spacial score (nSPS) is 28.5. The van der Waals surface area contributed by atoms with E-state index in [0.717, 1.165) is 24.8 Å². The molecule has 1 aliphatic carbocycles. The van der Waals surface area contributed by atoms with E-state index in [-0.39, 0.29) is 0 Å². The van der Waals surface area contributed by atoms with E-state index in [4.69, 9.17) is 11.6 Å². The maximum Gasteiger partial charge on any atom is 0.314 e. The summed E-state index contributed by atoms with van der Waals surface area (Å²) >= 11 is 5.81. The highest BCUT2D eigenvalue weighted by Crippen LogP contribution is 2.49. The molecule has 1 aromatic rings. The molecular formula is C13H15ClO2. The lowest BCUT2D eigenvalue weighted by molar-refractivity contribution is -0.149. The quantitative estimate of drug-likeness (QED) is 0.875. The summed E-state index contributed by atoms with van der Waals surface area (Å²) in [5.41, 5.74) is 0.222. The van der Waals surface area contributed by atoms with E-state index in [2.05, 4.69) is 6.92 Å². The van der Waals surface area contributed by atoms with Crippen LogP contribution in [0.15, 0.2) is 24.3 Å². The molecule has 0 heterocycles. The van der Waals surface area contributed by atoms with Gasteiger partial charge in [-0.1, -0.05) is 37.1 Å². The Balaban J connectivity index is 2.28. The summed E-state index contributed by atoms with van der Waals surface area (Å²) in [6, 6.07) is 7.20. The van der Waals surface area contributed by atoms with Gasteiger partial charge in [0.1, 0.15) is 0 Å². The number of carbonyl (C=O) groups is 1. The zero-order valence-corrected chi connectivity index (χ0v) is 10.00. The van der Waals surface area contributed by atoms with Crippen LogP contribution in [-0.2, 0) is 10.2 Å². The van der Waals surface area contributed by atoms with Crippen LogP contribution >= 0.6 is 11.6 Å². The van der Waals surface area contributed by atoms with Gasteiger partial charge >= 0.3 is 5.97 Å².